The molecular formula is C41H39N7O4. The summed E-state index contributed by atoms with van der Waals surface area (Å²) in [7, 11) is 7.94. The number of nitrogens with zero attached hydrogens (tertiary/aromatic N) is 5. The normalized spacial score (nSPS) is 10.8. The number of amides is 2. The monoisotopic (exact) mass is 693 g/mol. The molecule has 11 heteroatoms. The largest absolute Gasteiger partial charge is 0.402 e. The number of hydrogen-bond donors (Lipinski definition) is 2. The fraction of sp³-hybridized carbons (Fsp3) is 0.171. The minimum absolute atomic E-state index is 0.207. The van der Waals surface area contributed by atoms with E-state index in [1.807, 2.05) is 101 Å². The number of carbonyl (C=O) groups is 2. The summed E-state index contributed by atoms with van der Waals surface area (Å²) in [4.78, 5) is 54.3. The molecule has 11 nitrogen and oxygen atoms in total. The van der Waals surface area contributed by atoms with Gasteiger partial charge >= 0.3 is 5.63 Å². The van der Waals surface area contributed by atoms with Crippen molar-refractivity contribution >= 4 is 61.5 Å². The zero-order valence-corrected chi connectivity index (χ0v) is 29.7. The summed E-state index contributed by atoms with van der Waals surface area (Å²) in [5.74, 6) is -0.272. The number of benzene rings is 4. The summed E-state index contributed by atoms with van der Waals surface area (Å²) in [6, 6.07) is 30.4. The van der Waals surface area contributed by atoms with Crippen LogP contribution in [0.2, 0.25) is 0 Å². The van der Waals surface area contributed by atoms with Gasteiger partial charge in [-0.05, 0) is 65.7 Å². The van der Waals surface area contributed by atoms with Crippen molar-refractivity contribution in [2.45, 2.75) is 13.3 Å². The van der Waals surface area contributed by atoms with E-state index in [1.165, 1.54) is 6.20 Å². The van der Waals surface area contributed by atoms with Crippen LogP contribution in [0.4, 0.5) is 17.1 Å². The molecule has 2 amide bonds. The van der Waals surface area contributed by atoms with E-state index in [0.717, 1.165) is 44.9 Å². The molecule has 0 aliphatic heterocycles. The summed E-state index contributed by atoms with van der Waals surface area (Å²) >= 11 is 0. The summed E-state index contributed by atoms with van der Waals surface area (Å²) < 4.78 is 5.44. The van der Waals surface area contributed by atoms with E-state index in [1.54, 1.807) is 36.5 Å². The molecule has 0 atom stereocenters. The van der Waals surface area contributed by atoms with Crippen LogP contribution >= 0.6 is 0 Å². The highest BCUT2D eigenvalue weighted by atomic mass is 16.4. The van der Waals surface area contributed by atoms with Gasteiger partial charge in [0.2, 0.25) is 5.89 Å². The minimum Gasteiger partial charge on any atom is -0.402 e. The molecule has 0 saturated carbocycles. The molecule has 0 bridgehead atoms. The van der Waals surface area contributed by atoms with Gasteiger partial charge in [0.15, 0.2) is 11.2 Å². The predicted octanol–water partition coefficient (Wildman–Crippen LogP) is 7.16. The van der Waals surface area contributed by atoms with Gasteiger partial charge in [-0.2, -0.15) is 0 Å². The first kappa shape index (κ1) is 35.2. The highest BCUT2D eigenvalue weighted by molar-refractivity contribution is 6.16. The standard InChI is InChI=1S/C22H24N4O2.C19H15N3O2/c1-4-13-24-22(28)20-18(10-7-14-23-20)25-21(27)17-11-12-19(26(2)3)16-9-6-5-8-15(16)17;1-22(2)16-10-9-14(12-6-3-4-7-13(12)16)18-21-15-8-5-11-20-17(15)19(23)24-18/h5-12,14H,4,13H2,1-3H3,(H,24,28)(H,25,27);3-11H,1-2H3. The molecule has 262 valence electrons. The average molecular weight is 694 g/mol. The Bertz CT molecular complexity index is 2480. The first-order chi connectivity index (χ1) is 25.2. The van der Waals surface area contributed by atoms with E-state index >= 15 is 0 Å². The van der Waals surface area contributed by atoms with Crippen LogP contribution in [-0.4, -0.2) is 61.5 Å². The zero-order chi connectivity index (χ0) is 36.8. The van der Waals surface area contributed by atoms with Crippen molar-refractivity contribution in [2.75, 3.05) is 49.9 Å². The highest BCUT2D eigenvalue weighted by Gasteiger charge is 2.18. The van der Waals surface area contributed by atoms with Crippen molar-refractivity contribution in [1.29, 1.82) is 0 Å². The molecule has 0 fully saturated rings. The lowest BCUT2D eigenvalue weighted by molar-refractivity contribution is 0.0949. The quantitative estimate of drug-likeness (QED) is 0.170. The number of fused-ring (bicyclic) bond motifs is 3. The highest BCUT2D eigenvalue weighted by Crippen LogP contribution is 2.34. The summed E-state index contributed by atoms with van der Waals surface area (Å²) in [6.45, 7) is 2.53. The molecule has 2 N–H and O–H groups in total. The van der Waals surface area contributed by atoms with Gasteiger partial charge in [-0.25, -0.2) is 19.7 Å². The fourth-order valence-electron chi connectivity index (χ4n) is 5.96. The van der Waals surface area contributed by atoms with Crippen LogP contribution in [0.15, 0.2) is 119 Å². The number of nitrogens with one attached hydrogen (secondary N) is 2. The molecule has 0 aliphatic carbocycles. The molecule has 3 aromatic heterocycles. The third-order valence-corrected chi connectivity index (χ3v) is 8.44. The van der Waals surface area contributed by atoms with Crippen molar-refractivity contribution in [3.05, 3.63) is 131 Å². The van der Waals surface area contributed by atoms with Crippen LogP contribution in [0.5, 0.6) is 0 Å². The molecular weight excluding hydrogens is 654 g/mol. The Morgan fingerprint density at radius 2 is 1.31 bits per heavy atom. The Labute approximate surface area is 301 Å². The van der Waals surface area contributed by atoms with Crippen molar-refractivity contribution in [3.63, 3.8) is 0 Å². The molecule has 3 heterocycles. The number of pyridine rings is 2. The van der Waals surface area contributed by atoms with Gasteiger partial charge < -0.3 is 24.9 Å². The van der Waals surface area contributed by atoms with E-state index < -0.39 is 5.63 Å². The molecule has 0 spiro atoms. The maximum Gasteiger partial charge on any atom is 0.365 e. The predicted molar refractivity (Wildman–Crippen MR) is 208 cm³/mol. The molecule has 4 aromatic carbocycles. The Morgan fingerprint density at radius 1 is 0.692 bits per heavy atom. The van der Waals surface area contributed by atoms with Crippen LogP contribution in [0.1, 0.15) is 34.2 Å². The first-order valence-corrected chi connectivity index (χ1v) is 16.9. The van der Waals surface area contributed by atoms with Gasteiger partial charge in [-0.15, -0.1) is 0 Å². The second-order valence-corrected chi connectivity index (χ2v) is 12.4. The average Bonchev–Trinajstić information content (AvgIpc) is 3.16. The third kappa shape index (κ3) is 7.29. The lowest BCUT2D eigenvalue weighted by atomic mass is 10.0. The Morgan fingerprint density at radius 3 is 2.00 bits per heavy atom. The van der Waals surface area contributed by atoms with E-state index in [0.29, 0.717) is 29.2 Å². The topological polar surface area (TPSA) is 134 Å². The van der Waals surface area contributed by atoms with Crippen molar-refractivity contribution in [3.8, 4) is 11.5 Å². The second kappa shape index (κ2) is 15.5. The Kier molecular flexibility index (Phi) is 10.5. The third-order valence-electron chi connectivity index (χ3n) is 8.44. The first-order valence-electron chi connectivity index (χ1n) is 16.9. The van der Waals surface area contributed by atoms with Gasteiger partial charge in [0.1, 0.15) is 5.52 Å². The lowest BCUT2D eigenvalue weighted by Crippen LogP contribution is -2.27. The molecule has 0 unspecified atom stereocenters. The SMILES string of the molecule is CCCNC(=O)c1ncccc1NC(=O)c1ccc(N(C)C)c2ccccc12.CN(C)c1ccc(-c2nc3cccnc3c(=O)o2)c2ccccc12. The summed E-state index contributed by atoms with van der Waals surface area (Å²) in [5.41, 5.74) is 4.37. The van der Waals surface area contributed by atoms with Crippen LogP contribution in [0, 0.1) is 0 Å². The summed E-state index contributed by atoms with van der Waals surface area (Å²) in [6.07, 6.45) is 3.92. The number of anilines is 3. The van der Waals surface area contributed by atoms with Gasteiger partial charge in [0.25, 0.3) is 11.8 Å². The van der Waals surface area contributed by atoms with E-state index in [2.05, 4.69) is 36.6 Å². The summed E-state index contributed by atoms with van der Waals surface area (Å²) in [5, 5.41) is 9.56. The second-order valence-electron chi connectivity index (χ2n) is 12.4. The Balaban J connectivity index is 0.000000180. The number of aromatic nitrogens is 3. The molecule has 0 radical (unpaired) electrons. The van der Waals surface area contributed by atoms with Gasteiger partial charge in [0.05, 0.1) is 5.69 Å². The molecule has 52 heavy (non-hydrogen) atoms. The van der Waals surface area contributed by atoms with Crippen LogP contribution in [-0.2, 0) is 0 Å². The zero-order valence-electron chi connectivity index (χ0n) is 29.7. The van der Waals surface area contributed by atoms with Crippen LogP contribution in [0.25, 0.3) is 44.0 Å². The van der Waals surface area contributed by atoms with Crippen LogP contribution in [0.3, 0.4) is 0 Å². The van der Waals surface area contributed by atoms with E-state index in [4.69, 9.17) is 4.42 Å². The molecule has 0 aliphatic rings. The fourth-order valence-corrected chi connectivity index (χ4v) is 5.96. The maximum absolute atomic E-state index is 13.0. The van der Waals surface area contributed by atoms with Gasteiger partial charge in [0, 0.05) is 80.4 Å². The molecule has 7 rings (SSSR count). The van der Waals surface area contributed by atoms with Crippen molar-refractivity contribution < 1.29 is 14.0 Å². The van der Waals surface area contributed by atoms with E-state index in [9.17, 15) is 14.4 Å². The van der Waals surface area contributed by atoms with Crippen molar-refractivity contribution in [2.24, 2.45) is 0 Å². The molecule has 0 saturated heterocycles. The van der Waals surface area contributed by atoms with Gasteiger partial charge in [-0.3, -0.25) is 9.59 Å². The Hall–Kier alpha value is -6.62. The number of rotatable bonds is 8. The minimum atomic E-state index is -0.476. The number of hydrogen-bond acceptors (Lipinski definition) is 9. The maximum atomic E-state index is 13.0. The molecule has 7 aromatic rings. The van der Waals surface area contributed by atoms with Gasteiger partial charge in [-0.1, -0.05) is 55.5 Å². The van der Waals surface area contributed by atoms with E-state index in [-0.39, 0.29) is 23.0 Å². The number of carbonyl (C=O) groups excluding carboxylic acids is 2. The smallest absolute Gasteiger partial charge is 0.365 e. The van der Waals surface area contributed by atoms with Crippen molar-refractivity contribution in [1.82, 2.24) is 20.3 Å². The lowest BCUT2D eigenvalue weighted by Gasteiger charge is -2.17. The van der Waals surface area contributed by atoms with Crippen LogP contribution < -0.4 is 26.1 Å².